The van der Waals surface area contributed by atoms with E-state index in [1.807, 2.05) is 19.9 Å². The zero-order valence-electron chi connectivity index (χ0n) is 13.2. The maximum absolute atomic E-state index is 11.9. The molecule has 0 spiro atoms. The summed E-state index contributed by atoms with van der Waals surface area (Å²) in [5.41, 5.74) is 3.88. The van der Waals surface area contributed by atoms with E-state index >= 15 is 0 Å². The van der Waals surface area contributed by atoms with Crippen molar-refractivity contribution in [3.05, 3.63) is 35.7 Å². The molecule has 0 radical (unpaired) electrons. The molecule has 0 fully saturated rings. The summed E-state index contributed by atoms with van der Waals surface area (Å²) in [4.78, 5) is 23.8. The first-order chi connectivity index (χ1) is 11.5. The van der Waals surface area contributed by atoms with Gasteiger partial charge >= 0.3 is 11.8 Å². The van der Waals surface area contributed by atoms with E-state index in [2.05, 4.69) is 24.5 Å². The van der Waals surface area contributed by atoms with Gasteiger partial charge in [-0.3, -0.25) is 14.3 Å². The van der Waals surface area contributed by atoms with E-state index < -0.39 is 11.8 Å². The zero-order chi connectivity index (χ0) is 17.1. The minimum absolute atomic E-state index is 0.323. The molecule has 8 nitrogen and oxygen atoms in total. The molecule has 0 aliphatic heterocycles. The second kappa shape index (κ2) is 6.75. The third-order valence-corrected chi connectivity index (χ3v) is 3.99. The average Bonchev–Trinajstić information content (AvgIpc) is 3.13. The van der Waals surface area contributed by atoms with Crippen LogP contribution in [0.15, 0.2) is 24.3 Å². The Morgan fingerprint density at radius 3 is 2.67 bits per heavy atom. The van der Waals surface area contributed by atoms with Crippen molar-refractivity contribution < 1.29 is 9.59 Å². The molecule has 0 atom stereocenters. The minimum atomic E-state index is -0.717. The molecule has 2 N–H and O–H groups in total. The van der Waals surface area contributed by atoms with E-state index in [9.17, 15) is 9.59 Å². The summed E-state index contributed by atoms with van der Waals surface area (Å²) < 4.78 is 9.96. The number of nitrogens with zero attached hydrogens (tertiary/aromatic N) is 4. The van der Waals surface area contributed by atoms with Gasteiger partial charge in [-0.05, 0) is 38.1 Å². The van der Waals surface area contributed by atoms with E-state index in [0.717, 1.165) is 28.6 Å². The normalized spacial score (nSPS) is 10.8. The highest BCUT2D eigenvalue weighted by Gasteiger charge is 2.14. The Morgan fingerprint density at radius 1 is 1.12 bits per heavy atom. The van der Waals surface area contributed by atoms with Crippen LogP contribution in [0.2, 0.25) is 0 Å². The number of benzene rings is 1. The number of fused-ring (bicyclic) bond motifs is 1. The van der Waals surface area contributed by atoms with Crippen molar-refractivity contribution in [2.24, 2.45) is 0 Å². The van der Waals surface area contributed by atoms with Crippen molar-refractivity contribution >= 4 is 40.3 Å². The number of rotatable bonds is 4. The first-order valence-electron chi connectivity index (χ1n) is 7.35. The van der Waals surface area contributed by atoms with E-state index in [-0.39, 0.29) is 0 Å². The van der Waals surface area contributed by atoms with E-state index in [4.69, 9.17) is 0 Å². The van der Waals surface area contributed by atoms with Gasteiger partial charge in [-0.1, -0.05) is 0 Å². The Morgan fingerprint density at radius 2 is 1.92 bits per heavy atom. The van der Waals surface area contributed by atoms with E-state index in [0.29, 0.717) is 24.3 Å². The van der Waals surface area contributed by atoms with Crippen LogP contribution in [0.5, 0.6) is 0 Å². The Balaban J connectivity index is 1.52. The van der Waals surface area contributed by atoms with Gasteiger partial charge in [0.15, 0.2) is 0 Å². The molecular weight excluding hydrogens is 328 g/mol. The Bertz CT molecular complexity index is 900. The van der Waals surface area contributed by atoms with Crippen LogP contribution in [0, 0.1) is 13.8 Å². The van der Waals surface area contributed by atoms with Crippen LogP contribution in [0.3, 0.4) is 0 Å². The van der Waals surface area contributed by atoms with Crippen LogP contribution in [-0.2, 0) is 16.1 Å². The summed E-state index contributed by atoms with van der Waals surface area (Å²) in [5, 5.41) is 9.43. The lowest BCUT2D eigenvalue weighted by Gasteiger charge is -2.07. The molecule has 0 bridgehead atoms. The molecule has 3 rings (SSSR count). The van der Waals surface area contributed by atoms with Gasteiger partial charge in [0.25, 0.3) is 0 Å². The third kappa shape index (κ3) is 3.57. The monoisotopic (exact) mass is 344 g/mol. The lowest BCUT2D eigenvalue weighted by Crippen LogP contribution is -2.37. The van der Waals surface area contributed by atoms with Gasteiger partial charge < -0.3 is 10.6 Å². The van der Waals surface area contributed by atoms with Crippen LogP contribution in [0.4, 0.5) is 5.69 Å². The molecule has 0 unspecified atom stereocenters. The summed E-state index contributed by atoms with van der Waals surface area (Å²) in [5.74, 6) is -1.40. The molecular formula is C15H16N6O2S. The average molecular weight is 344 g/mol. The summed E-state index contributed by atoms with van der Waals surface area (Å²) in [7, 11) is 0. The largest absolute Gasteiger partial charge is 0.346 e. The second-order valence-corrected chi connectivity index (χ2v) is 5.86. The number of aromatic nitrogens is 4. The Hall–Kier alpha value is -2.81. The fraction of sp³-hybridized carbons (Fsp3) is 0.267. The summed E-state index contributed by atoms with van der Waals surface area (Å²) >= 11 is 1.10. The molecule has 124 valence electrons. The lowest BCUT2D eigenvalue weighted by atomic mass is 10.2. The number of carbonyl (C=O) groups is 2. The van der Waals surface area contributed by atoms with Crippen molar-refractivity contribution in [1.82, 2.24) is 23.8 Å². The zero-order valence-corrected chi connectivity index (χ0v) is 14.1. The SMILES string of the molecule is Cc1cc(C)n(CCNC(=O)C(=O)Nc2ccc3nsnc3c2)n1. The topological polar surface area (TPSA) is 102 Å². The van der Waals surface area contributed by atoms with Crippen molar-refractivity contribution in [3.8, 4) is 0 Å². The number of anilines is 1. The molecule has 3 aromatic rings. The van der Waals surface area contributed by atoms with Crippen LogP contribution >= 0.6 is 11.7 Å². The highest BCUT2D eigenvalue weighted by molar-refractivity contribution is 7.00. The first kappa shape index (κ1) is 16.1. The summed E-state index contributed by atoms with van der Waals surface area (Å²) in [6, 6.07) is 7.07. The number of nitrogens with one attached hydrogen (secondary N) is 2. The predicted molar refractivity (Wildman–Crippen MR) is 90.8 cm³/mol. The first-order valence-corrected chi connectivity index (χ1v) is 8.08. The number of hydrogen-bond donors (Lipinski definition) is 2. The van der Waals surface area contributed by atoms with Gasteiger partial charge in [0.05, 0.1) is 24.0 Å². The number of aryl methyl sites for hydroxylation is 2. The quantitative estimate of drug-likeness (QED) is 0.694. The molecule has 0 saturated carbocycles. The molecule has 0 aliphatic carbocycles. The highest BCUT2D eigenvalue weighted by atomic mass is 32.1. The van der Waals surface area contributed by atoms with Gasteiger partial charge in [-0.2, -0.15) is 13.8 Å². The van der Waals surface area contributed by atoms with E-state index in [1.165, 1.54) is 0 Å². The van der Waals surface area contributed by atoms with Crippen LogP contribution in [-0.4, -0.2) is 36.9 Å². The molecule has 9 heteroatoms. The van der Waals surface area contributed by atoms with Crippen molar-refractivity contribution in [2.45, 2.75) is 20.4 Å². The molecule has 2 amide bonds. The van der Waals surface area contributed by atoms with Gasteiger partial charge in [-0.15, -0.1) is 0 Å². The van der Waals surface area contributed by atoms with Gasteiger partial charge in [0, 0.05) is 17.9 Å². The van der Waals surface area contributed by atoms with Crippen molar-refractivity contribution in [3.63, 3.8) is 0 Å². The highest BCUT2D eigenvalue weighted by Crippen LogP contribution is 2.16. The smallest absolute Gasteiger partial charge is 0.313 e. The Labute approximate surface area is 142 Å². The number of carbonyl (C=O) groups excluding carboxylic acids is 2. The minimum Gasteiger partial charge on any atom is -0.346 e. The summed E-state index contributed by atoms with van der Waals surface area (Å²) in [6.07, 6.45) is 0. The Kier molecular flexibility index (Phi) is 4.52. The molecule has 24 heavy (non-hydrogen) atoms. The maximum atomic E-state index is 11.9. The number of amides is 2. The molecule has 0 aliphatic rings. The number of hydrogen-bond acceptors (Lipinski definition) is 6. The van der Waals surface area contributed by atoms with Gasteiger partial charge in [0.1, 0.15) is 11.0 Å². The molecule has 0 saturated heterocycles. The predicted octanol–water partition coefficient (Wildman–Crippen LogP) is 1.26. The summed E-state index contributed by atoms with van der Waals surface area (Å²) in [6.45, 7) is 4.68. The van der Waals surface area contributed by atoms with E-state index in [1.54, 1.807) is 22.9 Å². The standard InChI is InChI=1S/C15H16N6O2S/c1-9-7-10(2)21(18-9)6-5-16-14(22)15(23)17-11-3-4-12-13(8-11)20-24-19-12/h3-4,7-8H,5-6H2,1-2H3,(H,16,22)(H,17,23). The fourth-order valence-electron chi connectivity index (χ4n) is 2.30. The third-order valence-electron chi connectivity index (χ3n) is 3.43. The fourth-order valence-corrected chi connectivity index (χ4v) is 2.82. The molecule has 2 aromatic heterocycles. The van der Waals surface area contributed by atoms with Gasteiger partial charge in [0.2, 0.25) is 0 Å². The molecule has 2 heterocycles. The van der Waals surface area contributed by atoms with Crippen molar-refractivity contribution in [2.75, 3.05) is 11.9 Å². The van der Waals surface area contributed by atoms with Crippen LogP contribution < -0.4 is 10.6 Å². The van der Waals surface area contributed by atoms with Crippen LogP contribution in [0.1, 0.15) is 11.4 Å². The lowest BCUT2D eigenvalue weighted by molar-refractivity contribution is -0.136. The second-order valence-electron chi connectivity index (χ2n) is 5.33. The van der Waals surface area contributed by atoms with Crippen molar-refractivity contribution in [1.29, 1.82) is 0 Å². The molecule has 1 aromatic carbocycles. The van der Waals surface area contributed by atoms with Gasteiger partial charge in [-0.25, -0.2) is 0 Å². The maximum Gasteiger partial charge on any atom is 0.313 e. The van der Waals surface area contributed by atoms with Crippen LogP contribution in [0.25, 0.3) is 11.0 Å².